The van der Waals surface area contributed by atoms with Crippen LogP contribution in [-0.4, -0.2) is 27.6 Å². The molecule has 1 N–H and O–H groups in total. The molecule has 5 heteroatoms. The number of hydrogen-bond acceptors (Lipinski definition) is 4. The van der Waals surface area contributed by atoms with Crippen LogP contribution in [0.5, 0.6) is 5.75 Å². The average Bonchev–Trinajstić information content (AvgIpc) is 3.15. The summed E-state index contributed by atoms with van der Waals surface area (Å²) in [4.78, 5) is 1.65. The van der Waals surface area contributed by atoms with E-state index in [1.165, 1.54) is 12.8 Å². The van der Waals surface area contributed by atoms with Gasteiger partial charge in [0.2, 0.25) is 0 Å². The van der Waals surface area contributed by atoms with Gasteiger partial charge < -0.3 is 10.1 Å². The Kier molecular flexibility index (Phi) is 3.46. The van der Waals surface area contributed by atoms with Crippen molar-refractivity contribution in [1.82, 2.24) is 20.3 Å². The molecule has 1 aromatic carbocycles. The van der Waals surface area contributed by atoms with Gasteiger partial charge in [0.05, 0.1) is 24.2 Å². The number of benzene rings is 1. The first-order chi connectivity index (χ1) is 9.35. The van der Waals surface area contributed by atoms with Gasteiger partial charge in [-0.1, -0.05) is 0 Å². The molecule has 100 valence electrons. The predicted octanol–water partition coefficient (Wildman–Crippen LogP) is 1.92. The van der Waals surface area contributed by atoms with Crippen LogP contribution in [0.25, 0.3) is 5.69 Å². The fourth-order valence-corrected chi connectivity index (χ4v) is 1.88. The van der Waals surface area contributed by atoms with Gasteiger partial charge in [-0.25, -0.2) is 0 Å². The van der Waals surface area contributed by atoms with Crippen LogP contribution < -0.4 is 10.1 Å². The maximum absolute atomic E-state index is 5.41. The quantitative estimate of drug-likeness (QED) is 0.860. The van der Waals surface area contributed by atoms with E-state index in [-0.39, 0.29) is 0 Å². The topological polar surface area (TPSA) is 52.0 Å². The first kappa shape index (κ1) is 12.2. The van der Waals surface area contributed by atoms with Gasteiger partial charge in [-0.15, -0.1) is 0 Å². The summed E-state index contributed by atoms with van der Waals surface area (Å²) in [5.41, 5.74) is 1.92. The van der Waals surface area contributed by atoms with Crippen LogP contribution >= 0.6 is 0 Å². The number of nitrogens with zero attached hydrogens (tertiary/aromatic N) is 3. The van der Waals surface area contributed by atoms with E-state index in [1.54, 1.807) is 4.80 Å². The Morgan fingerprint density at radius 2 is 2.11 bits per heavy atom. The summed E-state index contributed by atoms with van der Waals surface area (Å²) in [6, 6.07) is 8.48. The van der Waals surface area contributed by atoms with E-state index in [0.29, 0.717) is 12.6 Å². The molecule has 1 aliphatic rings. The zero-order valence-electron chi connectivity index (χ0n) is 11.0. The highest BCUT2D eigenvalue weighted by atomic mass is 16.5. The largest absolute Gasteiger partial charge is 0.494 e. The van der Waals surface area contributed by atoms with Crippen LogP contribution in [-0.2, 0) is 6.54 Å². The van der Waals surface area contributed by atoms with E-state index < -0.39 is 0 Å². The molecule has 0 saturated heterocycles. The van der Waals surface area contributed by atoms with Gasteiger partial charge in [-0.05, 0) is 44.0 Å². The van der Waals surface area contributed by atoms with Crippen LogP contribution in [0, 0.1) is 0 Å². The monoisotopic (exact) mass is 258 g/mol. The SMILES string of the molecule is CCOc1ccc(-n2ncc(CNC3CC3)n2)cc1. The highest BCUT2D eigenvalue weighted by molar-refractivity contribution is 5.35. The van der Waals surface area contributed by atoms with E-state index in [4.69, 9.17) is 4.74 Å². The van der Waals surface area contributed by atoms with Crippen molar-refractivity contribution in [3.8, 4) is 11.4 Å². The van der Waals surface area contributed by atoms with E-state index in [2.05, 4.69) is 15.5 Å². The molecular weight excluding hydrogens is 240 g/mol. The van der Waals surface area contributed by atoms with Gasteiger partial charge in [-0.2, -0.15) is 15.0 Å². The van der Waals surface area contributed by atoms with Gasteiger partial charge in [0.25, 0.3) is 0 Å². The molecule has 5 nitrogen and oxygen atoms in total. The molecule has 0 atom stereocenters. The minimum atomic E-state index is 0.677. The van der Waals surface area contributed by atoms with Gasteiger partial charge in [-0.3, -0.25) is 0 Å². The Morgan fingerprint density at radius 3 is 2.79 bits per heavy atom. The van der Waals surface area contributed by atoms with Crippen molar-refractivity contribution in [2.45, 2.75) is 32.4 Å². The number of nitrogens with one attached hydrogen (secondary N) is 1. The zero-order chi connectivity index (χ0) is 13.1. The molecule has 1 heterocycles. The molecule has 0 spiro atoms. The lowest BCUT2D eigenvalue weighted by molar-refractivity contribution is 0.340. The average molecular weight is 258 g/mol. The van der Waals surface area contributed by atoms with Gasteiger partial charge in [0.15, 0.2) is 0 Å². The number of rotatable bonds is 6. The lowest BCUT2D eigenvalue weighted by atomic mass is 10.3. The molecule has 0 bridgehead atoms. The maximum atomic E-state index is 5.41. The first-order valence-electron chi connectivity index (χ1n) is 6.73. The van der Waals surface area contributed by atoms with Crippen molar-refractivity contribution in [3.63, 3.8) is 0 Å². The van der Waals surface area contributed by atoms with Crippen molar-refractivity contribution in [2.75, 3.05) is 6.61 Å². The molecule has 2 aromatic rings. The van der Waals surface area contributed by atoms with Crippen molar-refractivity contribution < 1.29 is 4.74 Å². The minimum absolute atomic E-state index is 0.677. The molecule has 0 radical (unpaired) electrons. The third-order valence-electron chi connectivity index (χ3n) is 3.07. The predicted molar refractivity (Wildman–Crippen MR) is 72.4 cm³/mol. The second-order valence-corrected chi connectivity index (χ2v) is 4.71. The molecule has 0 aliphatic heterocycles. The van der Waals surface area contributed by atoms with E-state index in [9.17, 15) is 0 Å². The summed E-state index contributed by atoms with van der Waals surface area (Å²) in [7, 11) is 0. The normalized spacial score (nSPS) is 14.6. The van der Waals surface area contributed by atoms with Crippen molar-refractivity contribution in [1.29, 1.82) is 0 Å². The zero-order valence-corrected chi connectivity index (χ0v) is 11.0. The number of hydrogen-bond donors (Lipinski definition) is 1. The van der Waals surface area contributed by atoms with Crippen LogP contribution in [0.15, 0.2) is 30.5 Å². The lowest BCUT2D eigenvalue weighted by Crippen LogP contribution is -2.15. The van der Waals surface area contributed by atoms with E-state index >= 15 is 0 Å². The summed E-state index contributed by atoms with van der Waals surface area (Å²) < 4.78 is 5.41. The Morgan fingerprint density at radius 1 is 1.32 bits per heavy atom. The molecule has 1 aromatic heterocycles. The number of aromatic nitrogens is 3. The van der Waals surface area contributed by atoms with Crippen LogP contribution in [0.2, 0.25) is 0 Å². The van der Waals surface area contributed by atoms with Crippen molar-refractivity contribution in [2.24, 2.45) is 0 Å². The smallest absolute Gasteiger partial charge is 0.119 e. The van der Waals surface area contributed by atoms with Gasteiger partial charge in [0, 0.05) is 12.6 Å². The standard InChI is InChI=1S/C14H18N4O/c1-2-19-14-7-5-13(6-8-14)18-16-10-12(17-18)9-15-11-3-4-11/h5-8,10-11,15H,2-4,9H2,1H3. The molecule has 0 amide bonds. The fraction of sp³-hybridized carbons (Fsp3) is 0.429. The third kappa shape index (κ3) is 3.12. The highest BCUT2D eigenvalue weighted by Gasteiger charge is 2.20. The Hall–Kier alpha value is -1.88. The molecule has 1 aliphatic carbocycles. The van der Waals surface area contributed by atoms with E-state index in [1.807, 2.05) is 37.4 Å². The van der Waals surface area contributed by atoms with E-state index in [0.717, 1.165) is 23.7 Å². The third-order valence-corrected chi connectivity index (χ3v) is 3.07. The fourth-order valence-electron chi connectivity index (χ4n) is 1.88. The molecule has 19 heavy (non-hydrogen) atoms. The summed E-state index contributed by atoms with van der Waals surface area (Å²) in [6.45, 7) is 3.44. The first-order valence-corrected chi connectivity index (χ1v) is 6.73. The maximum Gasteiger partial charge on any atom is 0.119 e. The number of ether oxygens (including phenoxy) is 1. The Bertz CT molecular complexity index is 531. The van der Waals surface area contributed by atoms with Crippen molar-refractivity contribution in [3.05, 3.63) is 36.2 Å². The summed E-state index contributed by atoms with van der Waals surface area (Å²) in [6.07, 6.45) is 4.38. The van der Waals surface area contributed by atoms with Gasteiger partial charge in [0.1, 0.15) is 5.75 Å². The van der Waals surface area contributed by atoms with Gasteiger partial charge >= 0.3 is 0 Å². The summed E-state index contributed by atoms with van der Waals surface area (Å²) >= 11 is 0. The Labute approximate surface area is 112 Å². The lowest BCUT2D eigenvalue weighted by Gasteiger charge is -2.04. The summed E-state index contributed by atoms with van der Waals surface area (Å²) in [5, 5.41) is 12.2. The Balaban J connectivity index is 1.66. The second kappa shape index (κ2) is 5.40. The highest BCUT2D eigenvalue weighted by Crippen LogP contribution is 2.19. The van der Waals surface area contributed by atoms with Crippen LogP contribution in [0.4, 0.5) is 0 Å². The molecule has 1 fully saturated rings. The van der Waals surface area contributed by atoms with Crippen molar-refractivity contribution >= 4 is 0 Å². The molecule has 0 unspecified atom stereocenters. The molecule has 1 saturated carbocycles. The minimum Gasteiger partial charge on any atom is -0.494 e. The van der Waals surface area contributed by atoms with Crippen LogP contribution in [0.3, 0.4) is 0 Å². The molecular formula is C14H18N4O. The second-order valence-electron chi connectivity index (χ2n) is 4.71. The molecule has 3 rings (SSSR count). The summed E-state index contributed by atoms with van der Waals surface area (Å²) in [5.74, 6) is 0.869. The van der Waals surface area contributed by atoms with Crippen LogP contribution in [0.1, 0.15) is 25.5 Å².